The van der Waals surface area contributed by atoms with Gasteiger partial charge in [0.2, 0.25) is 11.8 Å². The quantitative estimate of drug-likeness (QED) is 0.743. The van der Waals surface area contributed by atoms with E-state index in [1.807, 2.05) is 12.1 Å². The second kappa shape index (κ2) is 7.48. The molecule has 0 spiro atoms. The molecule has 0 aliphatic rings. The topological polar surface area (TPSA) is 86.5 Å². The lowest BCUT2D eigenvalue weighted by Crippen LogP contribution is -2.14. The van der Waals surface area contributed by atoms with Gasteiger partial charge in [0.05, 0.1) is 20.6 Å². The van der Waals surface area contributed by atoms with Gasteiger partial charge in [0.1, 0.15) is 11.5 Å². The lowest BCUT2D eigenvalue weighted by Gasteiger charge is -2.03. The number of methoxy groups -OCH3 is 2. The number of nitrogens with one attached hydrogen (secondary N) is 1. The molecular formula is C18H17N3O4. The van der Waals surface area contributed by atoms with Gasteiger partial charge < -0.3 is 13.9 Å². The molecule has 128 valence electrons. The van der Waals surface area contributed by atoms with E-state index in [2.05, 4.69) is 15.5 Å². The van der Waals surface area contributed by atoms with Crippen molar-refractivity contribution in [3.8, 4) is 23.0 Å². The first-order valence-electron chi connectivity index (χ1n) is 7.58. The van der Waals surface area contributed by atoms with Crippen molar-refractivity contribution in [1.29, 1.82) is 0 Å². The van der Waals surface area contributed by atoms with Crippen LogP contribution in [0.3, 0.4) is 0 Å². The normalized spacial score (nSPS) is 10.3. The minimum atomic E-state index is -0.241. The molecule has 0 aliphatic heterocycles. The third-order valence-electron chi connectivity index (χ3n) is 3.53. The number of ether oxygens (including phenoxy) is 2. The first kappa shape index (κ1) is 16.5. The highest BCUT2D eigenvalue weighted by Gasteiger charge is 2.12. The Hall–Kier alpha value is -3.35. The number of rotatable bonds is 6. The second-order valence-corrected chi connectivity index (χ2v) is 5.21. The fourth-order valence-corrected chi connectivity index (χ4v) is 2.22. The molecule has 0 radical (unpaired) electrons. The van der Waals surface area contributed by atoms with Crippen LogP contribution in [0, 0.1) is 0 Å². The van der Waals surface area contributed by atoms with Crippen LogP contribution in [0.5, 0.6) is 11.5 Å². The van der Waals surface area contributed by atoms with Gasteiger partial charge >= 0.3 is 6.01 Å². The molecule has 7 heteroatoms. The first-order chi connectivity index (χ1) is 12.2. The van der Waals surface area contributed by atoms with Crippen LogP contribution in [0.4, 0.5) is 6.01 Å². The number of benzene rings is 2. The van der Waals surface area contributed by atoms with Crippen LogP contribution >= 0.6 is 0 Å². The van der Waals surface area contributed by atoms with Crippen LogP contribution in [0.1, 0.15) is 5.56 Å². The smallest absolute Gasteiger partial charge is 0.322 e. The summed E-state index contributed by atoms with van der Waals surface area (Å²) in [6.07, 6.45) is 0.199. The highest BCUT2D eigenvalue weighted by atomic mass is 16.5. The monoisotopic (exact) mass is 339 g/mol. The lowest BCUT2D eigenvalue weighted by molar-refractivity contribution is -0.115. The van der Waals surface area contributed by atoms with E-state index in [0.29, 0.717) is 5.89 Å². The van der Waals surface area contributed by atoms with Crippen molar-refractivity contribution in [2.45, 2.75) is 6.42 Å². The Kier molecular flexibility index (Phi) is 4.94. The first-order valence-corrected chi connectivity index (χ1v) is 7.58. The Balaban J connectivity index is 1.62. The van der Waals surface area contributed by atoms with Crippen molar-refractivity contribution in [2.24, 2.45) is 0 Å². The lowest BCUT2D eigenvalue weighted by atomic mass is 10.1. The molecule has 7 nitrogen and oxygen atoms in total. The van der Waals surface area contributed by atoms with Gasteiger partial charge in [-0.05, 0) is 42.0 Å². The zero-order valence-electron chi connectivity index (χ0n) is 13.9. The molecule has 25 heavy (non-hydrogen) atoms. The third kappa shape index (κ3) is 4.14. The van der Waals surface area contributed by atoms with Gasteiger partial charge in [0.15, 0.2) is 0 Å². The maximum absolute atomic E-state index is 12.1. The summed E-state index contributed by atoms with van der Waals surface area (Å²) < 4.78 is 15.7. The Bertz CT molecular complexity index is 842. The minimum Gasteiger partial charge on any atom is -0.497 e. The fraction of sp³-hybridized carbons (Fsp3) is 0.167. The summed E-state index contributed by atoms with van der Waals surface area (Å²) in [5.41, 5.74) is 1.59. The predicted molar refractivity (Wildman–Crippen MR) is 91.6 cm³/mol. The summed E-state index contributed by atoms with van der Waals surface area (Å²) in [5, 5.41) is 10.4. The Morgan fingerprint density at radius 3 is 2.16 bits per heavy atom. The number of amides is 1. The number of hydrogen-bond donors (Lipinski definition) is 1. The zero-order valence-corrected chi connectivity index (χ0v) is 13.9. The van der Waals surface area contributed by atoms with Crippen LogP contribution in [-0.4, -0.2) is 30.3 Å². The summed E-state index contributed by atoms with van der Waals surface area (Å²) in [6, 6.07) is 14.5. The average molecular weight is 339 g/mol. The fourth-order valence-electron chi connectivity index (χ4n) is 2.22. The summed E-state index contributed by atoms with van der Waals surface area (Å²) in [5.74, 6) is 1.55. The van der Waals surface area contributed by atoms with Crippen LogP contribution in [0.15, 0.2) is 52.9 Å². The molecule has 2 aromatic carbocycles. The standard InChI is InChI=1S/C18H17N3O4/c1-23-14-7-3-12(4-8-14)11-16(22)19-18-21-20-17(25-18)13-5-9-15(24-2)10-6-13/h3-10H,11H2,1-2H3,(H,19,21,22). The van der Waals surface area contributed by atoms with E-state index >= 15 is 0 Å². The molecule has 0 aliphatic carbocycles. The Morgan fingerprint density at radius 1 is 0.960 bits per heavy atom. The molecule has 0 atom stereocenters. The van der Waals surface area contributed by atoms with Crippen molar-refractivity contribution in [1.82, 2.24) is 10.2 Å². The maximum atomic E-state index is 12.1. The number of anilines is 1. The largest absolute Gasteiger partial charge is 0.497 e. The molecule has 0 bridgehead atoms. The van der Waals surface area contributed by atoms with Gasteiger partial charge in [-0.3, -0.25) is 10.1 Å². The van der Waals surface area contributed by atoms with E-state index in [0.717, 1.165) is 22.6 Å². The molecule has 1 amide bonds. The molecule has 1 heterocycles. The minimum absolute atomic E-state index is 0.0596. The van der Waals surface area contributed by atoms with Gasteiger partial charge in [-0.25, -0.2) is 0 Å². The van der Waals surface area contributed by atoms with Crippen molar-refractivity contribution in [3.63, 3.8) is 0 Å². The molecule has 0 fully saturated rings. The van der Waals surface area contributed by atoms with E-state index in [1.165, 1.54) is 0 Å². The Labute approximate surface area is 144 Å². The van der Waals surface area contributed by atoms with E-state index < -0.39 is 0 Å². The van der Waals surface area contributed by atoms with Crippen molar-refractivity contribution in [2.75, 3.05) is 19.5 Å². The van der Waals surface area contributed by atoms with Gasteiger partial charge in [0.25, 0.3) is 0 Å². The van der Waals surface area contributed by atoms with Crippen LogP contribution < -0.4 is 14.8 Å². The number of carbonyl (C=O) groups is 1. The van der Waals surface area contributed by atoms with Crippen molar-refractivity contribution in [3.05, 3.63) is 54.1 Å². The van der Waals surface area contributed by atoms with Crippen LogP contribution in [0.2, 0.25) is 0 Å². The van der Waals surface area contributed by atoms with Crippen LogP contribution in [-0.2, 0) is 11.2 Å². The highest BCUT2D eigenvalue weighted by molar-refractivity contribution is 5.90. The molecular weight excluding hydrogens is 322 g/mol. The van der Waals surface area contributed by atoms with Crippen molar-refractivity contribution < 1.29 is 18.7 Å². The second-order valence-electron chi connectivity index (χ2n) is 5.21. The van der Waals surface area contributed by atoms with Crippen LogP contribution in [0.25, 0.3) is 11.5 Å². The molecule has 1 N–H and O–H groups in total. The van der Waals surface area contributed by atoms with E-state index in [4.69, 9.17) is 13.9 Å². The summed E-state index contributed by atoms with van der Waals surface area (Å²) >= 11 is 0. The summed E-state index contributed by atoms with van der Waals surface area (Å²) in [7, 11) is 3.19. The van der Waals surface area contributed by atoms with Crippen molar-refractivity contribution >= 4 is 11.9 Å². The number of nitrogens with zero attached hydrogens (tertiary/aromatic N) is 2. The van der Waals surface area contributed by atoms with E-state index in [9.17, 15) is 4.79 Å². The number of aromatic nitrogens is 2. The summed E-state index contributed by atoms with van der Waals surface area (Å²) in [6.45, 7) is 0. The predicted octanol–water partition coefficient (Wildman–Crippen LogP) is 2.94. The average Bonchev–Trinajstić information content (AvgIpc) is 3.10. The zero-order chi connectivity index (χ0) is 17.6. The molecule has 0 saturated heterocycles. The van der Waals surface area contributed by atoms with E-state index in [1.54, 1.807) is 50.6 Å². The molecule has 1 aromatic heterocycles. The van der Waals surface area contributed by atoms with Gasteiger partial charge in [-0.1, -0.05) is 17.2 Å². The highest BCUT2D eigenvalue weighted by Crippen LogP contribution is 2.22. The third-order valence-corrected chi connectivity index (χ3v) is 3.53. The molecule has 0 unspecified atom stereocenters. The number of hydrogen-bond acceptors (Lipinski definition) is 6. The molecule has 3 aromatic rings. The van der Waals surface area contributed by atoms with Gasteiger partial charge in [0, 0.05) is 5.56 Å². The van der Waals surface area contributed by atoms with E-state index in [-0.39, 0.29) is 18.3 Å². The summed E-state index contributed by atoms with van der Waals surface area (Å²) in [4.78, 5) is 12.1. The SMILES string of the molecule is COc1ccc(CC(=O)Nc2nnc(-c3ccc(OC)cc3)o2)cc1. The maximum Gasteiger partial charge on any atom is 0.322 e. The molecule has 0 saturated carbocycles. The van der Waals surface area contributed by atoms with Gasteiger partial charge in [-0.15, -0.1) is 5.10 Å². The number of carbonyl (C=O) groups excluding carboxylic acids is 1. The Morgan fingerprint density at radius 2 is 1.56 bits per heavy atom. The molecule has 3 rings (SSSR count). The van der Waals surface area contributed by atoms with Gasteiger partial charge in [-0.2, -0.15) is 0 Å².